The molecule has 10 nitrogen and oxygen atoms in total. The first-order valence-electron chi connectivity index (χ1n) is 12.3. The zero-order valence-corrected chi connectivity index (χ0v) is 20.9. The van der Waals surface area contributed by atoms with Crippen LogP contribution in [0.4, 0.5) is 9.18 Å². The van der Waals surface area contributed by atoms with Crippen LogP contribution >= 0.6 is 0 Å². The van der Waals surface area contributed by atoms with Crippen LogP contribution < -0.4 is 5.32 Å². The minimum absolute atomic E-state index is 0.00319. The Morgan fingerprint density at radius 3 is 2.42 bits per heavy atom. The van der Waals surface area contributed by atoms with Gasteiger partial charge in [0.2, 0.25) is 0 Å². The molecule has 0 spiro atoms. The van der Waals surface area contributed by atoms with E-state index in [0.29, 0.717) is 30.0 Å². The number of aliphatic imine (C=N–C) groups is 1. The number of amides is 3. The maximum Gasteiger partial charge on any atom is 0.342 e. The highest BCUT2D eigenvalue weighted by molar-refractivity contribution is 6.44. The average Bonchev–Trinajstić information content (AvgIpc) is 3.37. The number of fused-ring (bicyclic) bond motifs is 1. The van der Waals surface area contributed by atoms with Crippen LogP contribution in [0.1, 0.15) is 29.3 Å². The van der Waals surface area contributed by atoms with Crippen LogP contribution in [-0.4, -0.2) is 83.6 Å². The third-order valence-corrected chi connectivity index (χ3v) is 6.11. The highest BCUT2D eigenvalue weighted by atomic mass is 19.1. The van der Waals surface area contributed by atoms with E-state index in [2.05, 4.69) is 15.3 Å². The summed E-state index contributed by atoms with van der Waals surface area (Å²) in [5.74, 6) is -2.08. The molecule has 1 saturated heterocycles. The molecule has 198 valence electrons. The van der Waals surface area contributed by atoms with Crippen molar-refractivity contribution in [1.29, 1.82) is 0 Å². The summed E-state index contributed by atoms with van der Waals surface area (Å²) in [6, 6.07) is 12.9. The number of piperazine rings is 1. The number of hydrogen-bond donors (Lipinski definition) is 2. The number of H-pyrrole nitrogens is 1. The van der Waals surface area contributed by atoms with Crippen molar-refractivity contribution >= 4 is 40.4 Å². The number of ketones is 1. The monoisotopic (exact) mass is 521 g/mol. The standard InChI is InChI=1S/C27H28FN5O5/c1-2-38-22(34)11-12-29-27(37)31-25(18-7-4-3-5-8-18)32-13-15-33(16-14-32)26(36)24(35)19-17-30-21-10-6-9-20(28)23(19)21/h3-10,17,30H,2,11-16H2,1H3,(H,29,37)/b31-25+. The lowest BCUT2D eigenvalue weighted by atomic mass is 10.1. The molecule has 3 aromatic rings. The van der Waals surface area contributed by atoms with Crippen LogP contribution in [0, 0.1) is 5.82 Å². The molecule has 0 aliphatic carbocycles. The first-order chi connectivity index (χ1) is 18.4. The van der Waals surface area contributed by atoms with Gasteiger partial charge in [0.15, 0.2) is 0 Å². The van der Waals surface area contributed by atoms with Gasteiger partial charge in [0, 0.05) is 55.4 Å². The lowest BCUT2D eigenvalue weighted by Gasteiger charge is -2.36. The summed E-state index contributed by atoms with van der Waals surface area (Å²) < 4.78 is 19.2. The fourth-order valence-electron chi connectivity index (χ4n) is 4.24. The zero-order chi connectivity index (χ0) is 27.1. The van der Waals surface area contributed by atoms with Gasteiger partial charge in [-0.25, -0.2) is 9.18 Å². The molecule has 3 amide bonds. The van der Waals surface area contributed by atoms with Gasteiger partial charge in [0.1, 0.15) is 11.7 Å². The van der Waals surface area contributed by atoms with E-state index in [1.807, 2.05) is 35.2 Å². The van der Waals surface area contributed by atoms with Crippen molar-refractivity contribution in [3.8, 4) is 0 Å². The summed E-state index contributed by atoms with van der Waals surface area (Å²) in [7, 11) is 0. The van der Waals surface area contributed by atoms with E-state index in [1.54, 1.807) is 13.0 Å². The summed E-state index contributed by atoms with van der Waals surface area (Å²) in [6.45, 7) is 3.13. The summed E-state index contributed by atoms with van der Waals surface area (Å²) >= 11 is 0. The number of aromatic amines is 1. The molecule has 1 aliphatic rings. The van der Waals surface area contributed by atoms with Gasteiger partial charge < -0.3 is 24.8 Å². The van der Waals surface area contributed by atoms with Gasteiger partial charge >= 0.3 is 12.0 Å². The first-order valence-corrected chi connectivity index (χ1v) is 12.3. The quantitative estimate of drug-likeness (QED) is 0.162. The minimum atomic E-state index is -0.785. The number of hydrogen-bond acceptors (Lipinski definition) is 5. The van der Waals surface area contributed by atoms with E-state index in [9.17, 15) is 23.6 Å². The second-order valence-electron chi connectivity index (χ2n) is 8.56. The van der Waals surface area contributed by atoms with Gasteiger partial charge in [-0.1, -0.05) is 36.4 Å². The zero-order valence-electron chi connectivity index (χ0n) is 20.9. The maximum atomic E-state index is 14.3. The van der Waals surface area contributed by atoms with Crippen LogP contribution in [0.25, 0.3) is 10.9 Å². The molecular weight excluding hydrogens is 493 g/mol. The van der Waals surface area contributed by atoms with E-state index in [1.165, 1.54) is 23.2 Å². The number of ether oxygens (including phenoxy) is 1. The second-order valence-corrected chi connectivity index (χ2v) is 8.56. The van der Waals surface area contributed by atoms with E-state index in [4.69, 9.17) is 4.74 Å². The lowest BCUT2D eigenvalue weighted by molar-refractivity contribution is -0.142. The topological polar surface area (TPSA) is 124 Å². The fourth-order valence-corrected chi connectivity index (χ4v) is 4.24. The van der Waals surface area contributed by atoms with Gasteiger partial charge in [0.05, 0.1) is 18.6 Å². The van der Waals surface area contributed by atoms with Crippen molar-refractivity contribution in [2.45, 2.75) is 13.3 Å². The molecule has 11 heteroatoms. The molecule has 2 aromatic carbocycles. The van der Waals surface area contributed by atoms with E-state index >= 15 is 0 Å². The number of amidine groups is 1. The third kappa shape index (κ3) is 6.05. The van der Waals surface area contributed by atoms with E-state index in [0.717, 1.165) is 0 Å². The van der Waals surface area contributed by atoms with Gasteiger partial charge in [-0.15, -0.1) is 0 Å². The maximum absolute atomic E-state index is 14.3. The van der Waals surface area contributed by atoms with Crippen LogP contribution in [0.2, 0.25) is 0 Å². The normalized spacial score (nSPS) is 13.9. The molecule has 0 bridgehead atoms. The van der Waals surface area contributed by atoms with E-state index < -0.39 is 29.5 Å². The van der Waals surface area contributed by atoms with Crippen molar-refractivity contribution in [2.75, 3.05) is 39.3 Å². The Balaban J connectivity index is 1.43. The molecular formula is C27H28FN5O5. The fraction of sp³-hybridized carbons (Fsp3) is 0.296. The Bertz CT molecular complexity index is 1360. The molecule has 4 rings (SSSR count). The number of rotatable bonds is 7. The van der Waals surface area contributed by atoms with Gasteiger partial charge in [-0.2, -0.15) is 4.99 Å². The SMILES string of the molecule is CCOC(=O)CCNC(=O)/N=C(\c1ccccc1)N1CCN(C(=O)C(=O)c2c[nH]c3cccc(F)c23)CC1. The summed E-state index contributed by atoms with van der Waals surface area (Å²) in [4.78, 5) is 60.3. The van der Waals surface area contributed by atoms with Crippen molar-refractivity contribution in [3.05, 3.63) is 71.7 Å². The number of esters is 1. The first kappa shape index (κ1) is 26.5. The highest BCUT2D eigenvalue weighted by Gasteiger charge is 2.30. The number of nitrogens with zero attached hydrogens (tertiary/aromatic N) is 3. The number of Topliss-reactive ketones (excluding diaryl/α,β-unsaturated/α-hetero) is 1. The molecule has 1 aliphatic heterocycles. The molecule has 0 saturated carbocycles. The number of urea groups is 1. The molecule has 2 heterocycles. The molecule has 2 N–H and O–H groups in total. The smallest absolute Gasteiger partial charge is 0.342 e. The molecule has 1 fully saturated rings. The minimum Gasteiger partial charge on any atom is -0.466 e. The predicted octanol–water partition coefficient (Wildman–Crippen LogP) is 2.74. The molecule has 0 unspecified atom stereocenters. The number of halogens is 1. The predicted molar refractivity (Wildman–Crippen MR) is 138 cm³/mol. The molecule has 38 heavy (non-hydrogen) atoms. The second kappa shape index (κ2) is 12.1. The van der Waals surface area contributed by atoms with Crippen molar-refractivity contribution in [2.24, 2.45) is 4.99 Å². The average molecular weight is 522 g/mol. The number of aromatic nitrogens is 1. The Morgan fingerprint density at radius 1 is 1.00 bits per heavy atom. The lowest BCUT2D eigenvalue weighted by Crippen LogP contribution is -2.52. The third-order valence-electron chi connectivity index (χ3n) is 6.11. The Kier molecular flexibility index (Phi) is 8.47. The Hall–Kier alpha value is -4.54. The van der Waals surface area contributed by atoms with Crippen molar-refractivity contribution < 1.29 is 28.3 Å². The number of nitrogens with one attached hydrogen (secondary N) is 2. The summed E-state index contributed by atoms with van der Waals surface area (Å²) in [6.07, 6.45) is 1.38. The van der Waals surface area contributed by atoms with Crippen LogP contribution in [0.3, 0.4) is 0 Å². The summed E-state index contributed by atoms with van der Waals surface area (Å²) in [5, 5.41) is 2.69. The highest BCUT2D eigenvalue weighted by Crippen LogP contribution is 2.23. The Morgan fingerprint density at radius 2 is 1.71 bits per heavy atom. The van der Waals surface area contributed by atoms with Crippen molar-refractivity contribution in [1.82, 2.24) is 20.1 Å². The van der Waals surface area contributed by atoms with Crippen molar-refractivity contribution in [3.63, 3.8) is 0 Å². The largest absolute Gasteiger partial charge is 0.466 e. The van der Waals surface area contributed by atoms with Crippen LogP contribution in [-0.2, 0) is 14.3 Å². The van der Waals surface area contributed by atoms with Gasteiger partial charge in [0.25, 0.3) is 11.7 Å². The Labute approximate surface area is 218 Å². The van der Waals surface area contributed by atoms with E-state index in [-0.39, 0.29) is 43.6 Å². The van der Waals surface area contributed by atoms with Crippen LogP contribution in [0.15, 0.2) is 59.7 Å². The van der Waals surface area contributed by atoms with Gasteiger partial charge in [-0.3, -0.25) is 14.4 Å². The summed E-state index contributed by atoms with van der Waals surface area (Å²) in [5.41, 5.74) is 1.14. The molecule has 0 atom stereocenters. The van der Waals surface area contributed by atoms with Gasteiger partial charge in [-0.05, 0) is 19.1 Å². The van der Waals surface area contributed by atoms with Crippen LogP contribution in [0.5, 0.6) is 0 Å². The molecule has 1 aromatic heterocycles. The number of carbonyl (C=O) groups is 4. The number of carbonyl (C=O) groups excluding carboxylic acids is 4. The number of benzene rings is 2. The molecule has 0 radical (unpaired) electrons.